The molecule has 3 heteroatoms. The van der Waals surface area contributed by atoms with Crippen molar-refractivity contribution in [1.29, 1.82) is 0 Å². The Kier molecular flexibility index (Phi) is 4.85. The highest BCUT2D eigenvalue weighted by atomic mass is 19.1. The summed E-state index contributed by atoms with van der Waals surface area (Å²) in [6, 6.07) is 8.95. The maximum atomic E-state index is 13.0. The van der Waals surface area contributed by atoms with E-state index in [1.54, 1.807) is 6.20 Å². The molecular formula is C17H21FN2. The molecule has 106 valence electrons. The molecule has 2 aromatic rings. The van der Waals surface area contributed by atoms with Crippen molar-refractivity contribution in [3.8, 4) is 0 Å². The van der Waals surface area contributed by atoms with Crippen molar-refractivity contribution >= 4 is 0 Å². The van der Waals surface area contributed by atoms with Gasteiger partial charge in [-0.25, -0.2) is 4.39 Å². The number of benzene rings is 1. The van der Waals surface area contributed by atoms with E-state index in [0.717, 1.165) is 12.1 Å². The van der Waals surface area contributed by atoms with Gasteiger partial charge in [0.25, 0.3) is 0 Å². The van der Waals surface area contributed by atoms with E-state index in [0.29, 0.717) is 5.92 Å². The fraction of sp³-hybridized carbons (Fsp3) is 0.353. The van der Waals surface area contributed by atoms with Crippen LogP contribution in [0.4, 0.5) is 4.39 Å². The van der Waals surface area contributed by atoms with E-state index in [1.807, 2.05) is 24.4 Å². The van der Waals surface area contributed by atoms with E-state index >= 15 is 0 Å². The summed E-state index contributed by atoms with van der Waals surface area (Å²) >= 11 is 0. The van der Waals surface area contributed by atoms with Crippen LogP contribution in [0.25, 0.3) is 0 Å². The van der Waals surface area contributed by atoms with Gasteiger partial charge in [0.1, 0.15) is 5.82 Å². The van der Waals surface area contributed by atoms with Gasteiger partial charge < -0.3 is 5.32 Å². The Morgan fingerprint density at radius 2 is 1.85 bits per heavy atom. The molecular weight excluding hydrogens is 251 g/mol. The quantitative estimate of drug-likeness (QED) is 0.889. The lowest BCUT2D eigenvalue weighted by Gasteiger charge is -2.23. The van der Waals surface area contributed by atoms with Crippen molar-refractivity contribution in [3.05, 3.63) is 65.2 Å². The topological polar surface area (TPSA) is 24.9 Å². The molecule has 0 amide bonds. The number of aryl methyl sites for hydroxylation is 1. The first kappa shape index (κ1) is 14.7. The molecule has 1 atom stereocenters. The molecule has 0 spiro atoms. The number of rotatable bonds is 5. The van der Waals surface area contributed by atoms with Crippen LogP contribution in [0.3, 0.4) is 0 Å². The summed E-state index contributed by atoms with van der Waals surface area (Å²) in [5, 5.41) is 3.55. The monoisotopic (exact) mass is 272 g/mol. The second kappa shape index (κ2) is 6.62. The molecule has 0 saturated carbocycles. The smallest absolute Gasteiger partial charge is 0.123 e. The molecule has 0 aliphatic heterocycles. The molecule has 2 rings (SSSR count). The van der Waals surface area contributed by atoms with Crippen molar-refractivity contribution in [2.45, 2.75) is 33.4 Å². The molecule has 0 saturated heterocycles. The minimum Gasteiger partial charge on any atom is -0.306 e. The van der Waals surface area contributed by atoms with Gasteiger partial charge in [0.2, 0.25) is 0 Å². The second-order valence-corrected chi connectivity index (χ2v) is 5.46. The van der Waals surface area contributed by atoms with Gasteiger partial charge in [0.15, 0.2) is 0 Å². The summed E-state index contributed by atoms with van der Waals surface area (Å²) in [5.41, 5.74) is 3.54. The number of nitrogens with zero attached hydrogens (tertiary/aromatic N) is 1. The van der Waals surface area contributed by atoms with Crippen LogP contribution in [-0.4, -0.2) is 4.98 Å². The zero-order valence-electron chi connectivity index (χ0n) is 12.2. The predicted octanol–water partition coefficient (Wildman–Crippen LogP) is 4.02. The summed E-state index contributed by atoms with van der Waals surface area (Å²) in [6.07, 6.45) is 3.70. The Morgan fingerprint density at radius 1 is 1.15 bits per heavy atom. The second-order valence-electron chi connectivity index (χ2n) is 5.46. The third-order valence-corrected chi connectivity index (χ3v) is 3.56. The summed E-state index contributed by atoms with van der Waals surface area (Å²) in [6.45, 7) is 7.18. The van der Waals surface area contributed by atoms with E-state index in [4.69, 9.17) is 0 Å². The lowest BCUT2D eigenvalue weighted by molar-refractivity contribution is 0.409. The van der Waals surface area contributed by atoms with Gasteiger partial charge in [-0.2, -0.15) is 0 Å². The van der Waals surface area contributed by atoms with Crippen LogP contribution in [0.5, 0.6) is 0 Å². The van der Waals surface area contributed by atoms with Crippen LogP contribution in [0, 0.1) is 18.7 Å². The van der Waals surface area contributed by atoms with Gasteiger partial charge in [-0.1, -0.05) is 26.0 Å². The SMILES string of the molecule is Cc1ccncc1CNC(c1ccc(F)cc1)C(C)C. The van der Waals surface area contributed by atoms with Gasteiger partial charge >= 0.3 is 0 Å². The molecule has 20 heavy (non-hydrogen) atoms. The lowest BCUT2D eigenvalue weighted by atomic mass is 9.95. The fourth-order valence-electron chi connectivity index (χ4n) is 2.31. The average Bonchev–Trinajstić information content (AvgIpc) is 2.42. The summed E-state index contributed by atoms with van der Waals surface area (Å²) in [7, 11) is 0. The van der Waals surface area contributed by atoms with Crippen molar-refractivity contribution in [3.63, 3.8) is 0 Å². The van der Waals surface area contributed by atoms with Crippen LogP contribution in [0.2, 0.25) is 0 Å². The van der Waals surface area contributed by atoms with E-state index in [-0.39, 0.29) is 11.9 Å². The number of halogens is 1. The summed E-state index contributed by atoms with van der Waals surface area (Å²) in [5.74, 6) is 0.233. The van der Waals surface area contributed by atoms with E-state index in [9.17, 15) is 4.39 Å². The van der Waals surface area contributed by atoms with Gasteiger partial charge in [-0.05, 0) is 47.7 Å². The molecule has 0 bridgehead atoms. The fourth-order valence-corrected chi connectivity index (χ4v) is 2.31. The minimum atomic E-state index is -0.195. The number of nitrogens with one attached hydrogen (secondary N) is 1. The number of aromatic nitrogens is 1. The first-order chi connectivity index (χ1) is 9.58. The zero-order valence-corrected chi connectivity index (χ0v) is 12.2. The molecule has 2 nitrogen and oxygen atoms in total. The first-order valence-corrected chi connectivity index (χ1v) is 6.96. The van der Waals surface area contributed by atoms with Crippen molar-refractivity contribution in [2.75, 3.05) is 0 Å². The predicted molar refractivity (Wildman–Crippen MR) is 79.8 cm³/mol. The maximum Gasteiger partial charge on any atom is 0.123 e. The van der Waals surface area contributed by atoms with E-state index in [2.05, 4.69) is 31.1 Å². The van der Waals surface area contributed by atoms with Crippen LogP contribution < -0.4 is 5.32 Å². The van der Waals surface area contributed by atoms with Crippen molar-refractivity contribution in [1.82, 2.24) is 10.3 Å². The average molecular weight is 272 g/mol. The zero-order chi connectivity index (χ0) is 14.5. The summed E-state index contributed by atoms with van der Waals surface area (Å²) in [4.78, 5) is 4.16. The van der Waals surface area contributed by atoms with Gasteiger partial charge in [0, 0.05) is 25.0 Å². The molecule has 0 aliphatic rings. The largest absolute Gasteiger partial charge is 0.306 e. The minimum absolute atomic E-state index is 0.195. The highest BCUT2D eigenvalue weighted by molar-refractivity contribution is 5.23. The molecule has 1 N–H and O–H groups in total. The number of hydrogen-bond acceptors (Lipinski definition) is 2. The third-order valence-electron chi connectivity index (χ3n) is 3.56. The Bertz CT molecular complexity index is 549. The Balaban J connectivity index is 2.11. The molecule has 1 unspecified atom stereocenters. The van der Waals surface area contributed by atoms with Gasteiger partial charge in [0.05, 0.1) is 0 Å². The maximum absolute atomic E-state index is 13.0. The molecule has 1 aromatic heterocycles. The summed E-state index contributed by atoms with van der Waals surface area (Å²) < 4.78 is 13.0. The van der Waals surface area contributed by atoms with Crippen LogP contribution in [0.15, 0.2) is 42.7 Å². The van der Waals surface area contributed by atoms with Crippen LogP contribution in [0.1, 0.15) is 36.6 Å². The van der Waals surface area contributed by atoms with Crippen LogP contribution in [-0.2, 0) is 6.54 Å². The Morgan fingerprint density at radius 3 is 2.45 bits per heavy atom. The van der Waals surface area contributed by atoms with Gasteiger partial charge in [-0.15, -0.1) is 0 Å². The molecule has 1 aromatic carbocycles. The lowest BCUT2D eigenvalue weighted by Crippen LogP contribution is -2.25. The van der Waals surface area contributed by atoms with E-state index in [1.165, 1.54) is 23.3 Å². The van der Waals surface area contributed by atoms with Gasteiger partial charge in [-0.3, -0.25) is 4.98 Å². The molecule has 0 aliphatic carbocycles. The highest BCUT2D eigenvalue weighted by Crippen LogP contribution is 2.22. The standard InChI is InChI=1S/C17H21FN2/c1-12(2)17(14-4-6-16(18)7-5-14)20-11-15-10-19-9-8-13(15)3/h4-10,12,17,20H,11H2,1-3H3. The van der Waals surface area contributed by atoms with E-state index < -0.39 is 0 Å². The van der Waals surface area contributed by atoms with Crippen molar-refractivity contribution in [2.24, 2.45) is 5.92 Å². The van der Waals surface area contributed by atoms with Crippen molar-refractivity contribution < 1.29 is 4.39 Å². The Hall–Kier alpha value is -1.74. The molecule has 0 fully saturated rings. The Labute approximate surface area is 120 Å². The highest BCUT2D eigenvalue weighted by Gasteiger charge is 2.15. The first-order valence-electron chi connectivity index (χ1n) is 6.96. The molecule has 0 radical (unpaired) electrons. The normalized spacial score (nSPS) is 12.7. The molecule has 1 heterocycles. The number of pyridine rings is 1. The van der Waals surface area contributed by atoms with Crippen LogP contribution >= 0.6 is 0 Å². The third kappa shape index (κ3) is 3.64. The number of hydrogen-bond donors (Lipinski definition) is 1.